The number of aromatic nitrogens is 1. The number of anilines is 3. The van der Waals surface area contributed by atoms with Gasteiger partial charge in [0.1, 0.15) is 5.82 Å². The molecule has 0 aliphatic heterocycles. The second kappa shape index (κ2) is 12.7. The van der Waals surface area contributed by atoms with Crippen LogP contribution in [0.5, 0.6) is 0 Å². The van der Waals surface area contributed by atoms with Crippen molar-refractivity contribution in [2.75, 3.05) is 4.90 Å². The van der Waals surface area contributed by atoms with E-state index >= 15 is 0 Å². The van der Waals surface area contributed by atoms with Gasteiger partial charge in [0.25, 0.3) is 0 Å². The van der Waals surface area contributed by atoms with Gasteiger partial charge in [-0.05, 0) is 85.6 Å². The third-order valence-electron chi connectivity index (χ3n) is 11.4. The van der Waals surface area contributed by atoms with Gasteiger partial charge < -0.3 is 0 Å². The fourth-order valence-corrected chi connectivity index (χ4v) is 10.2. The maximum atomic E-state index is 5.26. The van der Waals surface area contributed by atoms with Crippen LogP contribution >= 0.6 is 11.3 Å². The van der Waals surface area contributed by atoms with Crippen LogP contribution in [0, 0.1) is 0 Å². The number of rotatable bonds is 6. The minimum Gasteiger partial charge on any atom is -0.294 e. The zero-order valence-electron chi connectivity index (χ0n) is 29.9. The molecule has 1 aliphatic rings. The molecule has 10 aromatic rings. The normalized spacial score (nSPS) is 12.9. The third-order valence-corrected chi connectivity index (χ3v) is 12.6. The van der Waals surface area contributed by atoms with Crippen molar-refractivity contribution < 1.29 is 0 Å². The smallest absolute Gasteiger partial charge is 0.146 e. The highest BCUT2D eigenvalue weighted by molar-refractivity contribution is 7.26. The summed E-state index contributed by atoms with van der Waals surface area (Å²) in [5.74, 6) is 0.923. The molecule has 0 radical (unpaired) electrons. The Bertz CT molecular complexity index is 2980. The lowest BCUT2D eigenvalue weighted by Crippen LogP contribution is -2.28. The lowest BCUT2D eigenvalue weighted by atomic mass is 9.67. The Balaban J connectivity index is 1.20. The van der Waals surface area contributed by atoms with Gasteiger partial charge in [-0.15, -0.1) is 11.3 Å². The van der Waals surface area contributed by atoms with Gasteiger partial charge in [-0.25, -0.2) is 4.98 Å². The first-order chi connectivity index (χ1) is 27.3. The van der Waals surface area contributed by atoms with Crippen molar-refractivity contribution in [3.8, 4) is 22.3 Å². The molecule has 0 spiro atoms. The molecule has 0 saturated carbocycles. The highest BCUT2D eigenvalue weighted by atomic mass is 32.1. The average Bonchev–Trinajstić information content (AvgIpc) is 3.80. The minimum atomic E-state index is -0.513. The van der Waals surface area contributed by atoms with Gasteiger partial charge in [0, 0.05) is 37.7 Å². The molecule has 2 nitrogen and oxygen atoms in total. The molecule has 11 rings (SSSR count). The highest BCUT2D eigenvalue weighted by Gasteiger charge is 2.46. The molecular formula is C52H34N2S. The van der Waals surface area contributed by atoms with E-state index in [2.05, 4.69) is 205 Å². The van der Waals surface area contributed by atoms with Crippen molar-refractivity contribution in [2.45, 2.75) is 5.41 Å². The standard InChI is InChI=1S/C52H34N2S/c1-4-14-35(15-5-1)36-24-27-40(28-25-36)54(51-49-45-30-26-37-16-10-11-21-42(37)50(45)55-48(49)32-33-53-51)41-29-31-44-43-22-12-13-23-46(43)52(47(44)34-41,38-17-6-2-7-18-38)39-19-8-3-9-20-39/h1-34H. The van der Waals surface area contributed by atoms with Crippen LogP contribution in [0.4, 0.5) is 17.2 Å². The van der Waals surface area contributed by atoms with Gasteiger partial charge in [0.15, 0.2) is 0 Å². The van der Waals surface area contributed by atoms with Crippen molar-refractivity contribution in [3.63, 3.8) is 0 Å². The van der Waals surface area contributed by atoms with E-state index in [0.717, 1.165) is 17.2 Å². The number of nitrogens with zero attached hydrogens (tertiary/aromatic N) is 2. The van der Waals surface area contributed by atoms with Crippen LogP contribution in [0.1, 0.15) is 22.3 Å². The van der Waals surface area contributed by atoms with Gasteiger partial charge >= 0.3 is 0 Å². The van der Waals surface area contributed by atoms with Gasteiger partial charge in [0.2, 0.25) is 0 Å². The average molecular weight is 719 g/mol. The SMILES string of the molecule is c1ccc(-c2ccc(N(c3ccc4c(c3)C(c3ccccc3)(c3ccccc3)c3ccccc3-4)c3nccc4sc5c6ccccc6ccc5c34)cc2)cc1. The Morgan fingerprint density at radius 2 is 1.07 bits per heavy atom. The molecule has 2 aromatic heterocycles. The van der Waals surface area contributed by atoms with Gasteiger partial charge in [-0.2, -0.15) is 0 Å². The summed E-state index contributed by atoms with van der Waals surface area (Å²) in [5.41, 5.74) is 11.6. The molecule has 258 valence electrons. The summed E-state index contributed by atoms with van der Waals surface area (Å²) in [4.78, 5) is 7.64. The van der Waals surface area contributed by atoms with E-state index in [1.54, 1.807) is 0 Å². The van der Waals surface area contributed by atoms with E-state index in [4.69, 9.17) is 4.98 Å². The molecule has 2 heterocycles. The molecule has 0 atom stereocenters. The van der Waals surface area contributed by atoms with Crippen LogP contribution < -0.4 is 4.90 Å². The van der Waals surface area contributed by atoms with Gasteiger partial charge in [-0.1, -0.05) is 170 Å². The third kappa shape index (κ3) is 4.83. The number of benzene rings is 8. The van der Waals surface area contributed by atoms with E-state index in [0.29, 0.717) is 0 Å². The first kappa shape index (κ1) is 31.7. The largest absolute Gasteiger partial charge is 0.294 e. The summed E-state index contributed by atoms with van der Waals surface area (Å²) in [5, 5.41) is 4.92. The van der Waals surface area contributed by atoms with Crippen LogP contribution in [0.15, 0.2) is 206 Å². The molecule has 0 saturated heterocycles. The Kier molecular flexibility index (Phi) is 7.29. The van der Waals surface area contributed by atoms with Gasteiger partial charge in [0.05, 0.1) is 5.41 Å². The lowest BCUT2D eigenvalue weighted by molar-refractivity contribution is 0.768. The van der Waals surface area contributed by atoms with Crippen molar-refractivity contribution in [3.05, 3.63) is 229 Å². The topological polar surface area (TPSA) is 16.1 Å². The first-order valence-corrected chi connectivity index (χ1v) is 19.6. The molecule has 55 heavy (non-hydrogen) atoms. The predicted molar refractivity (Wildman–Crippen MR) is 232 cm³/mol. The zero-order chi connectivity index (χ0) is 36.3. The lowest BCUT2D eigenvalue weighted by Gasteiger charge is -2.34. The molecule has 0 unspecified atom stereocenters. The Hall–Kier alpha value is -6.81. The fraction of sp³-hybridized carbons (Fsp3) is 0.0192. The molecule has 8 aromatic carbocycles. The fourth-order valence-electron chi connectivity index (χ4n) is 9.00. The van der Waals surface area contributed by atoms with Crippen LogP contribution in [0.3, 0.4) is 0 Å². The molecule has 0 amide bonds. The Morgan fingerprint density at radius 1 is 0.455 bits per heavy atom. The summed E-state index contributed by atoms with van der Waals surface area (Å²) in [6, 6.07) is 73.0. The number of hydrogen-bond donors (Lipinski definition) is 0. The summed E-state index contributed by atoms with van der Waals surface area (Å²) in [6.45, 7) is 0. The van der Waals surface area contributed by atoms with E-state index < -0.39 is 5.41 Å². The molecule has 0 bridgehead atoms. The maximum Gasteiger partial charge on any atom is 0.146 e. The highest BCUT2D eigenvalue weighted by Crippen LogP contribution is 2.57. The van der Waals surface area contributed by atoms with E-state index in [1.807, 2.05) is 17.5 Å². The minimum absolute atomic E-state index is 0.513. The predicted octanol–water partition coefficient (Wildman–Crippen LogP) is 14.1. The maximum absolute atomic E-state index is 5.26. The van der Waals surface area contributed by atoms with Gasteiger partial charge in [-0.3, -0.25) is 4.90 Å². The van der Waals surface area contributed by atoms with E-state index in [1.165, 1.54) is 75.5 Å². The number of fused-ring (bicyclic) bond motifs is 8. The molecule has 1 aliphatic carbocycles. The van der Waals surface area contributed by atoms with Crippen LogP contribution in [0.25, 0.3) is 53.2 Å². The summed E-state index contributed by atoms with van der Waals surface area (Å²) >= 11 is 1.85. The Morgan fingerprint density at radius 3 is 1.84 bits per heavy atom. The zero-order valence-corrected chi connectivity index (χ0v) is 30.7. The Labute approximate surface area is 324 Å². The number of hydrogen-bond acceptors (Lipinski definition) is 3. The molecule has 0 fully saturated rings. The van der Waals surface area contributed by atoms with Crippen LogP contribution in [0.2, 0.25) is 0 Å². The second-order valence-electron chi connectivity index (χ2n) is 14.3. The number of thiophene rings is 1. The number of pyridine rings is 1. The van der Waals surface area contributed by atoms with Crippen LogP contribution in [-0.2, 0) is 5.41 Å². The van der Waals surface area contributed by atoms with E-state index in [-0.39, 0.29) is 0 Å². The van der Waals surface area contributed by atoms with Crippen molar-refractivity contribution in [2.24, 2.45) is 0 Å². The quantitative estimate of drug-likeness (QED) is 0.170. The summed E-state index contributed by atoms with van der Waals surface area (Å²) in [7, 11) is 0. The van der Waals surface area contributed by atoms with Crippen LogP contribution in [-0.4, -0.2) is 4.98 Å². The second-order valence-corrected chi connectivity index (χ2v) is 15.3. The monoisotopic (exact) mass is 718 g/mol. The van der Waals surface area contributed by atoms with E-state index in [9.17, 15) is 0 Å². The summed E-state index contributed by atoms with van der Waals surface area (Å²) in [6.07, 6.45) is 1.97. The molecular weight excluding hydrogens is 685 g/mol. The van der Waals surface area contributed by atoms with Crippen molar-refractivity contribution in [1.29, 1.82) is 0 Å². The first-order valence-electron chi connectivity index (χ1n) is 18.8. The molecule has 0 N–H and O–H groups in total. The van der Waals surface area contributed by atoms with Crippen molar-refractivity contribution in [1.82, 2.24) is 4.98 Å². The van der Waals surface area contributed by atoms with Crippen molar-refractivity contribution >= 4 is 59.5 Å². The molecule has 3 heteroatoms. The summed E-state index contributed by atoms with van der Waals surface area (Å²) < 4.78 is 2.51.